The number of methoxy groups -OCH3 is 1. The summed E-state index contributed by atoms with van der Waals surface area (Å²) in [6, 6.07) is 7.39. The quantitative estimate of drug-likeness (QED) is 0.246. The second-order valence-corrected chi connectivity index (χ2v) is 15.8. The van der Waals surface area contributed by atoms with Crippen LogP contribution in [0.15, 0.2) is 24.3 Å². The summed E-state index contributed by atoms with van der Waals surface area (Å²) in [6.45, 7) is 13.8. The van der Waals surface area contributed by atoms with Crippen LogP contribution >= 0.6 is 0 Å². The Bertz CT molecular complexity index is 1070. The summed E-state index contributed by atoms with van der Waals surface area (Å²) in [5.41, 5.74) is 2.23. The second kappa shape index (κ2) is 13.1. The lowest BCUT2D eigenvalue weighted by Gasteiger charge is -2.62. The zero-order valence-electron chi connectivity index (χ0n) is 27.6. The number of nitrogens with zero attached hydrogens (tertiary/aromatic N) is 1. The molecule has 9 atom stereocenters. The van der Waals surface area contributed by atoms with Gasteiger partial charge >= 0.3 is 0 Å². The smallest absolute Gasteiger partial charge is 0.254 e. The van der Waals surface area contributed by atoms with Crippen LogP contribution in [0, 0.1) is 52.3 Å². The van der Waals surface area contributed by atoms with Crippen molar-refractivity contribution >= 4 is 12.2 Å². The first-order chi connectivity index (χ1) is 20.1. The zero-order chi connectivity index (χ0) is 30.1. The van der Waals surface area contributed by atoms with E-state index in [0.29, 0.717) is 41.0 Å². The molecule has 1 aromatic carbocycles. The molecule has 234 valence electrons. The molecule has 9 unspecified atom stereocenters. The Hall–Kier alpha value is -1.68. The van der Waals surface area contributed by atoms with E-state index >= 15 is 0 Å². The molecule has 0 bridgehead atoms. The Morgan fingerprint density at radius 1 is 0.952 bits per heavy atom. The maximum Gasteiger partial charge on any atom is 0.254 e. The molecule has 0 saturated heterocycles. The standard InChI is InChI=1S/C38H59NO3/c1-26(2)8-7-9-27(3)33-16-17-34-32-15-14-30-24-31(18-20-37(30,4)35(32)19-21-38(33,34)5)39(22-23-42-6)36(41)29-12-10-28(25-40)11-13-29/h10-13,25-27,30-35H,7-9,14-24H2,1-6H3. The Kier molecular flexibility index (Phi) is 9.92. The molecular weight excluding hydrogens is 518 g/mol. The van der Waals surface area contributed by atoms with Crippen LogP contribution in [-0.4, -0.2) is 43.4 Å². The Morgan fingerprint density at radius 2 is 1.67 bits per heavy atom. The van der Waals surface area contributed by atoms with Gasteiger partial charge in [-0.2, -0.15) is 0 Å². The van der Waals surface area contributed by atoms with Crippen LogP contribution in [0.3, 0.4) is 0 Å². The second-order valence-electron chi connectivity index (χ2n) is 15.8. The van der Waals surface area contributed by atoms with Gasteiger partial charge in [0, 0.05) is 30.8 Å². The molecule has 0 radical (unpaired) electrons. The maximum atomic E-state index is 13.7. The lowest BCUT2D eigenvalue weighted by molar-refractivity contribution is -0.122. The summed E-state index contributed by atoms with van der Waals surface area (Å²) in [7, 11) is 1.72. The minimum atomic E-state index is 0.0831. The van der Waals surface area contributed by atoms with Gasteiger partial charge in [-0.3, -0.25) is 9.59 Å². The summed E-state index contributed by atoms with van der Waals surface area (Å²) >= 11 is 0. The van der Waals surface area contributed by atoms with Gasteiger partial charge in [0.2, 0.25) is 0 Å². The number of amides is 1. The van der Waals surface area contributed by atoms with E-state index in [0.717, 1.165) is 54.6 Å². The molecule has 5 rings (SSSR count). The molecule has 4 fully saturated rings. The third-order valence-corrected chi connectivity index (χ3v) is 13.4. The minimum absolute atomic E-state index is 0.0831. The molecular formula is C38H59NO3. The first kappa shape index (κ1) is 31.7. The van der Waals surface area contributed by atoms with E-state index in [1.807, 2.05) is 12.1 Å². The lowest BCUT2D eigenvalue weighted by atomic mass is 9.44. The number of carbonyl (C=O) groups excluding carboxylic acids is 2. The van der Waals surface area contributed by atoms with Crippen LogP contribution in [0.2, 0.25) is 0 Å². The molecule has 42 heavy (non-hydrogen) atoms. The molecule has 4 nitrogen and oxygen atoms in total. The number of fused-ring (bicyclic) bond motifs is 5. The average molecular weight is 578 g/mol. The molecule has 1 aromatic rings. The summed E-state index contributed by atoms with van der Waals surface area (Å²) in [6.07, 6.45) is 17.0. The largest absolute Gasteiger partial charge is 0.383 e. The predicted molar refractivity (Wildman–Crippen MR) is 172 cm³/mol. The van der Waals surface area contributed by atoms with E-state index in [9.17, 15) is 9.59 Å². The monoisotopic (exact) mass is 577 g/mol. The van der Waals surface area contributed by atoms with Gasteiger partial charge in [-0.15, -0.1) is 0 Å². The fourth-order valence-electron chi connectivity index (χ4n) is 11.1. The number of aldehydes is 1. The van der Waals surface area contributed by atoms with Crippen molar-refractivity contribution in [3.05, 3.63) is 35.4 Å². The van der Waals surface area contributed by atoms with Gasteiger partial charge in [-0.05, 0) is 122 Å². The van der Waals surface area contributed by atoms with Gasteiger partial charge in [0.1, 0.15) is 6.29 Å². The SMILES string of the molecule is COCCN(C(=O)c1ccc(C=O)cc1)C1CCC2(C)C(CCC3C2CCC2(C)C(C(C)CCCC(C)C)CCC32)C1. The highest BCUT2D eigenvalue weighted by atomic mass is 16.5. The molecule has 0 spiro atoms. The average Bonchev–Trinajstić information content (AvgIpc) is 3.34. The van der Waals surface area contributed by atoms with Gasteiger partial charge in [-0.1, -0.05) is 66.0 Å². The van der Waals surface area contributed by atoms with Crippen molar-refractivity contribution in [1.29, 1.82) is 0 Å². The van der Waals surface area contributed by atoms with E-state index in [1.54, 1.807) is 19.2 Å². The Morgan fingerprint density at radius 3 is 2.36 bits per heavy atom. The molecule has 4 aliphatic rings. The molecule has 1 amide bonds. The third kappa shape index (κ3) is 6.00. The fraction of sp³-hybridized carbons (Fsp3) is 0.789. The van der Waals surface area contributed by atoms with Crippen molar-refractivity contribution in [3.63, 3.8) is 0 Å². The number of benzene rings is 1. The first-order valence-electron chi connectivity index (χ1n) is 17.5. The van der Waals surface area contributed by atoms with Gasteiger partial charge in [-0.25, -0.2) is 0 Å². The van der Waals surface area contributed by atoms with E-state index in [2.05, 4.69) is 39.5 Å². The minimum Gasteiger partial charge on any atom is -0.383 e. The predicted octanol–water partition coefficient (Wildman–Crippen LogP) is 9.08. The van der Waals surface area contributed by atoms with Crippen molar-refractivity contribution in [2.75, 3.05) is 20.3 Å². The van der Waals surface area contributed by atoms with Crippen molar-refractivity contribution in [3.8, 4) is 0 Å². The van der Waals surface area contributed by atoms with E-state index in [-0.39, 0.29) is 11.9 Å². The normalized spacial score (nSPS) is 36.5. The lowest BCUT2D eigenvalue weighted by Crippen LogP contribution is -2.56. The highest BCUT2D eigenvalue weighted by molar-refractivity contribution is 5.95. The van der Waals surface area contributed by atoms with Crippen LogP contribution in [0.25, 0.3) is 0 Å². The summed E-state index contributed by atoms with van der Waals surface area (Å²) in [4.78, 5) is 27.0. The molecule has 0 N–H and O–H groups in total. The van der Waals surface area contributed by atoms with Crippen LogP contribution in [0.1, 0.15) is 132 Å². The first-order valence-corrected chi connectivity index (χ1v) is 17.5. The van der Waals surface area contributed by atoms with E-state index < -0.39 is 0 Å². The molecule has 4 heteroatoms. The zero-order valence-corrected chi connectivity index (χ0v) is 27.6. The van der Waals surface area contributed by atoms with Gasteiger partial charge < -0.3 is 9.64 Å². The van der Waals surface area contributed by atoms with Gasteiger partial charge in [0.15, 0.2) is 0 Å². The molecule has 0 heterocycles. The number of rotatable bonds is 11. The summed E-state index contributed by atoms with van der Waals surface area (Å²) < 4.78 is 5.45. The number of carbonyl (C=O) groups is 2. The molecule has 4 aliphatic carbocycles. The number of hydrogen-bond acceptors (Lipinski definition) is 3. The third-order valence-electron chi connectivity index (χ3n) is 13.4. The summed E-state index contributed by atoms with van der Waals surface area (Å²) in [5, 5.41) is 0. The Labute approximate surface area is 256 Å². The van der Waals surface area contributed by atoms with Crippen molar-refractivity contribution in [2.24, 2.45) is 52.3 Å². The highest BCUT2D eigenvalue weighted by Crippen LogP contribution is 2.68. The number of hydrogen-bond donors (Lipinski definition) is 0. The van der Waals surface area contributed by atoms with E-state index in [1.165, 1.54) is 64.2 Å². The van der Waals surface area contributed by atoms with Crippen molar-refractivity contribution in [2.45, 2.75) is 118 Å². The van der Waals surface area contributed by atoms with Crippen molar-refractivity contribution < 1.29 is 14.3 Å². The van der Waals surface area contributed by atoms with Crippen LogP contribution < -0.4 is 0 Å². The maximum absolute atomic E-state index is 13.7. The number of ether oxygens (including phenoxy) is 1. The van der Waals surface area contributed by atoms with Crippen molar-refractivity contribution in [1.82, 2.24) is 4.90 Å². The Balaban J connectivity index is 1.27. The van der Waals surface area contributed by atoms with Gasteiger partial charge in [0.25, 0.3) is 5.91 Å². The van der Waals surface area contributed by atoms with Crippen LogP contribution in [-0.2, 0) is 4.74 Å². The summed E-state index contributed by atoms with van der Waals surface area (Å²) in [5.74, 6) is 6.05. The fourth-order valence-corrected chi connectivity index (χ4v) is 11.1. The molecule has 0 aromatic heterocycles. The molecule has 4 saturated carbocycles. The topological polar surface area (TPSA) is 46.6 Å². The molecule has 0 aliphatic heterocycles. The van der Waals surface area contributed by atoms with Crippen LogP contribution in [0.4, 0.5) is 0 Å². The van der Waals surface area contributed by atoms with Crippen LogP contribution in [0.5, 0.6) is 0 Å². The van der Waals surface area contributed by atoms with E-state index in [4.69, 9.17) is 4.74 Å². The van der Waals surface area contributed by atoms with Gasteiger partial charge in [0.05, 0.1) is 6.61 Å². The highest BCUT2D eigenvalue weighted by Gasteiger charge is 2.60.